The quantitative estimate of drug-likeness (QED) is 0.771. The predicted molar refractivity (Wildman–Crippen MR) is 63.8 cm³/mol. The van der Waals surface area contributed by atoms with E-state index >= 15 is 0 Å². The number of nitrogens with two attached hydrogens (primary N) is 1. The molecule has 0 saturated heterocycles. The van der Waals surface area contributed by atoms with Crippen LogP contribution in [0.1, 0.15) is 32.5 Å². The topological polar surface area (TPSA) is 59.1 Å². The summed E-state index contributed by atoms with van der Waals surface area (Å²) in [6.45, 7) is 5.70. The van der Waals surface area contributed by atoms with Gasteiger partial charge in [-0.15, -0.1) is 11.8 Å². The van der Waals surface area contributed by atoms with Crippen molar-refractivity contribution in [1.29, 1.82) is 0 Å². The molecule has 0 aromatic carbocycles. The van der Waals surface area contributed by atoms with Gasteiger partial charge in [-0.05, 0) is 26.0 Å². The molecule has 2 unspecified atom stereocenters. The fourth-order valence-corrected chi connectivity index (χ4v) is 1.93. The van der Waals surface area contributed by atoms with Crippen LogP contribution in [-0.2, 0) is 0 Å². The lowest BCUT2D eigenvalue weighted by molar-refractivity contribution is 0.196. The van der Waals surface area contributed by atoms with Gasteiger partial charge in [-0.3, -0.25) is 4.98 Å². The molecule has 0 aliphatic carbocycles. The van der Waals surface area contributed by atoms with Crippen molar-refractivity contribution in [2.45, 2.75) is 43.1 Å². The molecule has 0 saturated carbocycles. The van der Waals surface area contributed by atoms with E-state index in [4.69, 9.17) is 5.73 Å². The monoisotopic (exact) mass is 226 g/mol. The Morgan fingerprint density at radius 1 is 1.33 bits per heavy atom. The lowest BCUT2D eigenvalue weighted by Gasteiger charge is -2.14. The molecular formula is C11H18N2OS. The molecule has 0 spiro atoms. The van der Waals surface area contributed by atoms with E-state index in [1.54, 1.807) is 18.7 Å². The van der Waals surface area contributed by atoms with Gasteiger partial charge >= 0.3 is 0 Å². The van der Waals surface area contributed by atoms with E-state index in [9.17, 15) is 5.11 Å². The van der Waals surface area contributed by atoms with Crippen LogP contribution in [0.2, 0.25) is 0 Å². The van der Waals surface area contributed by atoms with Crippen LogP contribution >= 0.6 is 11.8 Å². The maximum atomic E-state index is 9.36. The first-order chi connectivity index (χ1) is 7.00. The number of aliphatic hydroxyl groups is 1. The van der Waals surface area contributed by atoms with Gasteiger partial charge in [0.05, 0.1) is 11.8 Å². The first kappa shape index (κ1) is 12.5. The fraction of sp³-hybridized carbons (Fsp3) is 0.545. The molecule has 0 fully saturated rings. The summed E-state index contributed by atoms with van der Waals surface area (Å²) in [4.78, 5) is 5.33. The minimum Gasteiger partial charge on any atom is -0.392 e. The summed E-state index contributed by atoms with van der Waals surface area (Å²) in [5.74, 6) is 0. The first-order valence-corrected chi connectivity index (χ1v) is 5.95. The molecule has 3 N–H and O–H groups in total. The van der Waals surface area contributed by atoms with Crippen LogP contribution in [0.4, 0.5) is 0 Å². The molecule has 1 rings (SSSR count). The molecule has 15 heavy (non-hydrogen) atoms. The van der Waals surface area contributed by atoms with Crippen LogP contribution in [-0.4, -0.2) is 21.4 Å². The van der Waals surface area contributed by atoms with Gasteiger partial charge in [-0.1, -0.05) is 6.92 Å². The molecule has 0 bridgehead atoms. The number of aliphatic hydroxyl groups excluding tert-OH is 1. The normalized spacial score (nSPS) is 17.1. The number of hydrogen-bond acceptors (Lipinski definition) is 4. The average molecular weight is 226 g/mol. The van der Waals surface area contributed by atoms with Gasteiger partial charge in [0.25, 0.3) is 0 Å². The number of thioether (sulfide) groups is 1. The summed E-state index contributed by atoms with van der Waals surface area (Å²) in [6, 6.07) is 3.90. The summed E-state index contributed by atoms with van der Waals surface area (Å²) in [5.41, 5.74) is 6.60. The maximum Gasteiger partial charge on any atom is 0.0631 e. The van der Waals surface area contributed by atoms with E-state index in [2.05, 4.69) is 4.98 Å². The van der Waals surface area contributed by atoms with Crippen LogP contribution in [0.3, 0.4) is 0 Å². The Labute approximate surface area is 95.1 Å². The van der Waals surface area contributed by atoms with Gasteiger partial charge in [0.1, 0.15) is 0 Å². The number of pyridine rings is 1. The second kappa shape index (κ2) is 5.49. The van der Waals surface area contributed by atoms with Crippen molar-refractivity contribution < 1.29 is 5.11 Å². The largest absolute Gasteiger partial charge is 0.392 e. The molecular weight excluding hydrogens is 208 g/mol. The third kappa shape index (κ3) is 3.81. The smallest absolute Gasteiger partial charge is 0.0631 e. The second-order valence-corrected chi connectivity index (χ2v) is 5.22. The Hall–Kier alpha value is -0.580. The van der Waals surface area contributed by atoms with Crippen LogP contribution in [0.15, 0.2) is 23.2 Å². The van der Waals surface area contributed by atoms with Crippen molar-refractivity contribution >= 4 is 11.8 Å². The highest BCUT2D eigenvalue weighted by Gasteiger charge is 2.10. The second-order valence-electron chi connectivity index (χ2n) is 3.77. The van der Waals surface area contributed by atoms with Crippen molar-refractivity contribution in [3.8, 4) is 0 Å². The van der Waals surface area contributed by atoms with E-state index in [-0.39, 0.29) is 17.4 Å². The zero-order valence-electron chi connectivity index (χ0n) is 9.34. The van der Waals surface area contributed by atoms with Crippen molar-refractivity contribution in [2.24, 2.45) is 5.73 Å². The molecule has 1 aromatic rings. The summed E-state index contributed by atoms with van der Waals surface area (Å²) in [6.07, 6.45) is 1.49. The standard InChI is InChI=1S/C11H18N2OS/c1-7(12)11-5-4-10(6-13-11)15-9(3)8(2)14/h4-9,14H,12H2,1-3H3/t7-,8?,9?/m1/s1. The van der Waals surface area contributed by atoms with E-state index in [0.717, 1.165) is 10.6 Å². The Kier molecular flexibility index (Phi) is 4.57. The third-order valence-corrected chi connectivity index (χ3v) is 3.51. The number of hydrogen-bond donors (Lipinski definition) is 2. The van der Waals surface area contributed by atoms with E-state index in [1.807, 2.05) is 32.2 Å². The molecule has 1 heterocycles. The molecule has 0 amide bonds. The molecule has 0 aliphatic rings. The van der Waals surface area contributed by atoms with Crippen LogP contribution < -0.4 is 5.73 Å². The van der Waals surface area contributed by atoms with Gasteiger partial charge in [0.2, 0.25) is 0 Å². The molecule has 4 heteroatoms. The van der Waals surface area contributed by atoms with Crippen molar-refractivity contribution in [2.75, 3.05) is 0 Å². The number of nitrogens with zero attached hydrogens (tertiary/aromatic N) is 1. The molecule has 1 aromatic heterocycles. The van der Waals surface area contributed by atoms with Gasteiger partial charge in [-0.2, -0.15) is 0 Å². The van der Waals surface area contributed by atoms with Gasteiger partial charge < -0.3 is 10.8 Å². The summed E-state index contributed by atoms with van der Waals surface area (Å²) in [5, 5.41) is 9.54. The predicted octanol–water partition coefficient (Wildman–Crippen LogP) is 1.96. The zero-order chi connectivity index (χ0) is 11.4. The highest BCUT2D eigenvalue weighted by atomic mass is 32.2. The average Bonchev–Trinajstić information content (AvgIpc) is 2.18. The lowest BCUT2D eigenvalue weighted by Crippen LogP contribution is -2.15. The van der Waals surface area contributed by atoms with Crippen LogP contribution in [0, 0.1) is 0 Å². The molecule has 0 radical (unpaired) electrons. The van der Waals surface area contributed by atoms with Crippen molar-refractivity contribution in [3.63, 3.8) is 0 Å². The maximum absolute atomic E-state index is 9.36. The first-order valence-electron chi connectivity index (χ1n) is 5.07. The summed E-state index contributed by atoms with van der Waals surface area (Å²) < 4.78 is 0. The molecule has 3 nitrogen and oxygen atoms in total. The lowest BCUT2D eigenvalue weighted by atomic mass is 10.2. The van der Waals surface area contributed by atoms with Gasteiger partial charge in [0.15, 0.2) is 0 Å². The minimum absolute atomic E-state index is 0.0294. The SMILES string of the molecule is CC(O)C(C)Sc1ccc([C@@H](C)N)nc1. The highest BCUT2D eigenvalue weighted by molar-refractivity contribution is 8.00. The van der Waals surface area contributed by atoms with E-state index < -0.39 is 0 Å². The zero-order valence-corrected chi connectivity index (χ0v) is 10.2. The number of aromatic nitrogens is 1. The van der Waals surface area contributed by atoms with E-state index in [1.165, 1.54) is 0 Å². The van der Waals surface area contributed by atoms with Crippen LogP contribution in [0.25, 0.3) is 0 Å². The molecule has 0 aliphatic heterocycles. The fourth-order valence-electron chi connectivity index (χ4n) is 1.04. The van der Waals surface area contributed by atoms with Gasteiger partial charge in [0, 0.05) is 22.4 Å². The van der Waals surface area contributed by atoms with Crippen molar-refractivity contribution in [3.05, 3.63) is 24.0 Å². The molecule has 84 valence electrons. The van der Waals surface area contributed by atoms with Crippen LogP contribution in [0.5, 0.6) is 0 Å². The minimum atomic E-state index is -0.317. The van der Waals surface area contributed by atoms with Crippen molar-refractivity contribution in [1.82, 2.24) is 4.98 Å². The Morgan fingerprint density at radius 3 is 2.40 bits per heavy atom. The Balaban J connectivity index is 2.64. The summed E-state index contributed by atoms with van der Waals surface area (Å²) >= 11 is 1.62. The Bertz CT molecular complexity index is 298. The van der Waals surface area contributed by atoms with Gasteiger partial charge in [-0.25, -0.2) is 0 Å². The highest BCUT2D eigenvalue weighted by Crippen LogP contribution is 2.24. The Morgan fingerprint density at radius 2 is 2.00 bits per heavy atom. The third-order valence-electron chi connectivity index (χ3n) is 2.23. The summed E-state index contributed by atoms with van der Waals surface area (Å²) in [7, 11) is 0. The molecule has 3 atom stereocenters. The van der Waals surface area contributed by atoms with E-state index in [0.29, 0.717) is 0 Å². The number of rotatable bonds is 4.